The Morgan fingerprint density at radius 2 is 0.981 bits per heavy atom. The molecule has 0 fully saturated rings. The molecule has 10 aromatic rings. The Balaban J connectivity index is 1.24. The van der Waals surface area contributed by atoms with Gasteiger partial charge in [0.15, 0.2) is 0 Å². The molecule has 9 aromatic carbocycles. The molecule has 0 unspecified atom stereocenters. The third kappa shape index (κ3) is 4.09. The minimum Gasteiger partial charge on any atom is -0.134 e. The Labute approximate surface area is 307 Å². The Morgan fingerprint density at radius 3 is 1.71 bits per heavy atom. The van der Waals surface area contributed by atoms with Gasteiger partial charge in [0.05, 0.1) is 0 Å². The van der Waals surface area contributed by atoms with Gasteiger partial charge in [-0.1, -0.05) is 166 Å². The zero-order valence-electron chi connectivity index (χ0n) is 29.1. The molecule has 1 heterocycles. The van der Waals surface area contributed by atoms with Gasteiger partial charge in [-0.3, -0.25) is 0 Å². The van der Waals surface area contributed by atoms with Crippen LogP contribution in [-0.2, 0) is 5.41 Å². The Kier molecular flexibility index (Phi) is 6.27. The normalized spacial score (nSPS) is 13.3. The lowest BCUT2D eigenvalue weighted by Crippen LogP contribution is -2.15. The van der Waals surface area contributed by atoms with Crippen LogP contribution in [0.4, 0.5) is 0 Å². The van der Waals surface area contributed by atoms with Crippen LogP contribution in [0, 0.1) is 0 Å². The second-order valence-corrected chi connectivity index (χ2v) is 15.8. The second kappa shape index (κ2) is 11.0. The largest absolute Gasteiger partial charge is 0.134 e. The monoisotopic (exact) mass is 678 g/mol. The summed E-state index contributed by atoms with van der Waals surface area (Å²) in [6.45, 7) is 4.84. The first-order valence-corrected chi connectivity index (χ1v) is 19.0. The topological polar surface area (TPSA) is 0 Å². The molecule has 0 aliphatic heterocycles. The summed E-state index contributed by atoms with van der Waals surface area (Å²) in [6, 6.07) is 63.2. The highest BCUT2D eigenvalue weighted by atomic mass is 32.1. The maximum absolute atomic E-state index is 2.51. The first kappa shape index (κ1) is 29.7. The molecule has 1 heteroatoms. The summed E-state index contributed by atoms with van der Waals surface area (Å²) in [4.78, 5) is 0. The van der Waals surface area contributed by atoms with Crippen LogP contribution in [0.25, 0.3) is 97.0 Å². The quantitative estimate of drug-likeness (QED) is 0.163. The van der Waals surface area contributed by atoms with Gasteiger partial charge in [0, 0.05) is 31.2 Å². The summed E-state index contributed by atoms with van der Waals surface area (Å²) in [5.74, 6) is 0. The maximum atomic E-state index is 2.51. The van der Waals surface area contributed by atoms with Crippen molar-refractivity contribution in [1.29, 1.82) is 0 Å². The first-order chi connectivity index (χ1) is 25.6. The fourth-order valence-corrected chi connectivity index (χ4v) is 10.6. The van der Waals surface area contributed by atoms with E-state index >= 15 is 0 Å². The molecule has 0 radical (unpaired) electrons. The van der Waals surface area contributed by atoms with E-state index in [1.54, 1.807) is 0 Å². The van der Waals surface area contributed by atoms with E-state index in [1.807, 2.05) is 11.3 Å². The highest BCUT2D eigenvalue weighted by molar-refractivity contribution is 7.26. The number of rotatable bonds is 3. The summed E-state index contributed by atoms with van der Waals surface area (Å²) < 4.78 is 2.72. The number of thiophene rings is 1. The average Bonchev–Trinajstić information content (AvgIpc) is 3.69. The molecule has 244 valence electrons. The molecule has 0 nitrogen and oxygen atoms in total. The van der Waals surface area contributed by atoms with Gasteiger partial charge in [-0.05, 0) is 101 Å². The van der Waals surface area contributed by atoms with Crippen molar-refractivity contribution >= 4 is 63.8 Å². The summed E-state index contributed by atoms with van der Waals surface area (Å²) in [7, 11) is 0. The van der Waals surface area contributed by atoms with Gasteiger partial charge in [0.25, 0.3) is 0 Å². The fraction of sp³-hybridized carbons (Fsp3) is 0.0588. The second-order valence-electron chi connectivity index (χ2n) is 14.8. The van der Waals surface area contributed by atoms with Crippen LogP contribution in [0.5, 0.6) is 0 Å². The molecule has 1 aromatic heterocycles. The lowest BCUT2D eigenvalue weighted by molar-refractivity contribution is 0.667. The van der Waals surface area contributed by atoms with Gasteiger partial charge >= 0.3 is 0 Å². The van der Waals surface area contributed by atoms with E-state index < -0.39 is 0 Å². The van der Waals surface area contributed by atoms with E-state index in [2.05, 4.69) is 184 Å². The molecule has 0 amide bonds. The third-order valence-corrected chi connectivity index (χ3v) is 12.8. The molecule has 1 aliphatic carbocycles. The summed E-state index contributed by atoms with van der Waals surface area (Å²) in [5.41, 5.74) is 13.1. The molecule has 0 spiro atoms. The minimum absolute atomic E-state index is 0.117. The molecule has 0 bridgehead atoms. The van der Waals surface area contributed by atoms with Crippen LogP contribution >= 0.6 is 11.3 Å². The van der Waals surface area contributed by atoms with Crippen LogP contribution in [0.2, 0.25) is 0 Å². The molecule has 11 rings (SSSR count). The standard InChI is InChI=1S/C51H34S/c1-51(2)43-26-13-12-21-36(43)42-30-41(50-48(49(42)51)47-35-20-7-6-15-31(35)27-28-44(47)52-50)33-18-14-19-34(29-33)46-39-24-10-8-22-37(39)45(32-16-4-3-5-17-32)38-23-9-11-25-40(38)46/h3-30H,1-2H3. The van der Waals surface area contributed by atoms with Crippen molar-refractivity contribution in [3.05, 3.63) is 181 Å². The van der Waals surface area contributed by atoms with Crippen molar-refractivity contribution in [3.63, 3.8) is 0 Å². The van der Waals surface area contributed by atoms with Crippen molar-refractivity contribution in [1.82, 2.24) is 0 Å². The minimum atomic E-state index is -0.117. The average molecular weight is 679 g/mol. The molecule has 52 heavy (non-hydrogen) atoms. The Hall–Kier alpha value is -6.02. The van der Waals surface area contributed by atoms with Gasteiger partial charge in [-0.15, -0.1) is 11.3 Å². The number of fused-ring (bicyclic) bond motifs is 11. The molecular weight excluding hydrogens is 645 g/mol. The summed E-state index contributed by atoms with van der Waals surface area (Å²) in [6.07, 6.45) is 0. The van der Waals surface area contributed by atoms with E-state index in [0.29, 0.717) is 0 Å². The van der Waals surface area contributed by atoms with Gasteiger partial charge in [0.2, 0.25) is 0 Å². The first-order valence-electron chi connectivity index (χ1n) is 18.2. The molecule has 0 atom stereocenters. The summed E-state index contributed by atoms with van der Waals surface area (Å²) in [5, 5.41) is 10.6. The number of hydrogen-bond acceptors (Lipinski definition) is 1. The van der Waals surface area contributed by atoms with E-state index in [4.69, 9.17) is 0 Å². The SMILES string of the molecule is CC1(C)c2ccccc2-c2cc(-c3cccc(-c4c5ccccc5c(-c5ccccc5)c5ccccc45)c3)c3sc4ccc5ccccc5c4c3c21. The van der Waals surface area contributed by atoms with Gasteiger partial charge in [-0.25, -0.2) is 0 Å². The Bertz CT molecular complexity index is 3030. The van der Waals surface area contributed by atoms with E-state index in [1.165, 1.54) is 108 Å². The van der Waals surface area contributed by atoms with E-state index in [0.717, 1.165) is 0 Å². The zero-order chi connectivity index (χ0) is 34.6. The smallest absolute Gasteiger partial charge is 0.0437 e. The van der Waals surface area contributed by atoms with Crippen molar-refractivity contribution < 1.29 is 0 Å². The van der Waals surface area contributed by atoms with Crippen LogP contribution in [0.3, 0.4) is 0 Å². The van der Waals surface area contributed by atoms with Crippen molar-refractivity contribution in [2.45, 2.75) is 19.3 Å². The van der Waals surface area contributed by atoms with E-state index in [9.17, 15) is 0 Å². The Morgan fingerprint density at radius 1 is 0.404 bits per heavy atom. The molecule has 0 saturated heterocycles. The van der Waals surface area contributed by atoms with Crippen molar-refractivity contribution in [2.75, 3.05) is 0 Å². The number of benzene rings is 9. The van der Waals surface area contributed by atoms with Crippen LogP contribution in [0.15, 0.2) is 170 Å². The van der Waals surface area contributed by atoms with E-state index in [-0.39, 0.29) is 5.41 Å². The van der Waals surface area contributed by atoms with Crippen molar-refractivity contribution in [2.24, 2.45) is 0 Å². The predicted octanol–water partition coefficient (Wildman–Crippen LogP) is 14.8. The highest BCUT2D eigenvalue weighted by Crippen LogP contribution is 2.57. The molecular formula is C51H34S. The molecule has 0 N–H and O–H groups in total. The summed E-state index contributed by atoms with van der Waals surface area (Å²) >= 11 is 1.95. The molecule has 0 saturated carbocycles. The molecule has 1 aliphatic rings. The third-order valence-electron chi connectivity index (χ3n) is 11.6. The zero-order valence-corrected chi connectivity index (χ0v) is 29.9. The van der Waals surface area contributed by atoms with Gasteiger partial charge in [0.1, 0.15) is 0 Å². The van der Waals surface area contributed by atoms with Gasteiger partial charge in [-0.2, -0.15) is 0 Å². The number of hydrogen-bond donors (Lipinski definition) is 0. The van der Waals surface area contributed by atoms with Crippen LogP contribution < -0.4 is 0 Å². The van der Waals surface area contributed by atoms with Crippen LogP contribution in [-0.4, -0.2) is 0 Å². The van der Waals surface area contributed by atoms with Crippen molar-refractivity contribution in [3.8, 4) is 44.5 Å². The lowest BCUT2D eigenvalue weighted by atomic mass is 9.79. The predicted molar refractivity (Wildman–Crippen MR) is 226 cm³/mol. The van der Waals surface area contributed by atoms with Gasteiger partial charge < -0.3 is 0 Å². The lowest BCUT2D eigenvalue weighted by Gasteiger charge is -2.23. The maximum Gasteiger partial charge on any atom is 0.0437 e. The van der Waals surface area contributed by atoms with Crippen LogP contribution in [0.1, 0.15) is 25.0 Å². The fourth-order valence-electron chi connectivity index (χ4n) is 9.39. The highest BCUT2D eigenvalue weighted by Gasteiger charge is 2.38.